The van der Waals surface area contributed by atoms with Crippen LogP contribution < -0.4 is 10.6 Å². The molecule has 1 fully saturated rings. The van der Waals surface area contributed by atoms with Gasteiger partial charge in [0.15, 0.2) is 0 Å². The molecule has 0 aliphatic heterocycles. The Hall–Kier alpha value is -1.46. The molecule has 0 saturated heterocycles. The summed E-state index contributed by atoms with van der Waals surface area (Å²) >= 11 is 6.69. The first kappa shape index (κ1) is 12.6. The fourth-order valence-electron chi connectivity index (χ4n) is 2.06. The maximum absolute atomic E-state index is 5.60. The largest absolute Gasteiger partial charge is 0.389 e. The smallest absolute Gasteiger partial charge is 0.129 e. The lowest BCUT2D eigenvalue weighted by atomic mass is 10.2. The van der Waals surface area contributed by atoms with Gasteiger partial charge >= 0.3 is 0 Å². The van der Waals surface area contributed by atoms with E-state index in [1.807, 2.05) is 12.1 Å². The molecule has 3 rings (SSSR count). The predicted molar refractivity (Wildman–Crippen MR) is 83.6 cm³/mol. The number of thiocarbonyl (C=S) groups is 1. The van der Waals surface area contributed by atoms with Gasteiger partial charge in [0.05, 0.1) is 0 Å². The van der Waals surface area contributed by atoms with Crippen molar-refractivity contribution in [2.45, 2.75) is 25.4 Å². The summed E-state index contributed by atoms with van der Waals surface area (Å²) in [5, 5.41) is 4.31. The summed E-state index contributed by atoms with van der Waals surface area (Å²) in [6, 6.07) is 6.76. The third kappa shape index (κ3) is 2.93. The molecular weight excluding hydrogens is 274 g/mol. The highest BCUT2D eigenvalue weighted by molar-refractivity contribution is 7.80. The predicted octanol–water partition coefficient (Wildman–Crippen LogP) is 2.95. The Kier molecular flexibility index (Phi) is 3.48. The fraction of sp³-hybridized carbons (Fsp3) is 0.286. The summed E-state index contributed by atoms with van der Waals surface area (Å²) in [5.74, 6) is 1.01. The topological polar surface area (TPSA) is 42.1 Å². The molecule has 0 aromatic carbocycles. The van der Waals surface area contributed by atoms with Gasteiger partial charge in [-0.15, -0.1) is 0 Å². The minimum atomic E-state index is 0.398. The summed E-state index contributed by atoms with van der Waals surface area (Å²) in [6.45, 7) is 0.924. The number of pyridine rings is 1. The third-order valence-electron chi connectivity index (χ3n) is 3.25. The molecule has 0 bridgehead atoms. The molecule has 1 saturated carbocycles. The Labute approximate surface area is 122 Å². The third-order valence-corrected chi connectivity index (χ3v) is 4.22. The van der Waals surface area contributed by atoms with Crippen molar-refractivity contribution in [1.29, 1.82) is 0 Å². The molecule has 1 aliphatic carbocycles. The van der Waals surface area contributed by atoms with Gasteiger partial charge in [0.1, 0.15) is 10.8 Å². The van der Waals surface area contributed by atoms with Crippen molar-refractivity contribution in [2.24, 2.45) is 5.73 Å². The molecule has 0 spiro atoms. The first-order valence-corrected chi connectivity index (χ1v) is 7.63. The van der Waals surface area contributed by atoms with Crippen LogP contribution in [0.15, 0.2) is 35.2 Å². The molecule has 0 unspecified atom stereocenters. The summed E-state index contributed by atoms with van der Waals surface area (Å²) in [4.78, 5) is 7.27. The van der Waals surface area contributed by atoms with Gasteiger partial charge < -0.3 is 10.6 Å². The van der Waals surface area contributed by atoms with Crippen LogP contribution >= 0.6 is 23.6 Å². The summed E-state index contributed by atoms with van der Waals surface area (Å²) < 4.78 is 0. The second-order valence-electron chi connectivity index (χ2n) is 4.76. The van der Waals surface area contributed by atoms with Crippen LogP contribution in [0.3, 0.4) is 0 Å². The van der Waals surface area contributed by atoms with E-state index in [1.54, 1.807) is 17.5 Å². The van der Waals surface area contributed by atoms with E-state index in [-0.39, 0.29) is 0 Å². The number of nitrogens with zero attached hydrogens (tertiary/aromatic N) is 2. The Bertz CT molecular complexity index is 559. The number of nitrogens with two attached hydrogens (primary N) is 1. The van der Waals surface area contributed by atoms with E-state index in [1.165, 1.54) is 18.4 Å². The molecule has 2 aromatic rings. The molecule has 19 heavy (non-hydrogen) atoms. The van der Waals surface area contributed by atoms with E-state index < -0.39 is 0 Å². The van der Waals surface area contributed by atoms with Crippen LogP contribution in [0.5, 0.6) is 0 Å². The molecule has 0 atom stereocenters. The van der Waals surface area contributed by atoms with Crippen LogP contribution in [-0.2, 0) is 6.54 Å². The van der Waals surface area contributed by atoms with Gasteiger partial charge in [-0.25, -0.2) is 4.98 Å². The molecule has 98 valence electrons. The van der Waals surface area contributed by atoms with Crippen LogP contribution in [0.25, 0.3) is 0 Å². The number of anilines is 1. The molecular formula is C14H15N3S2. The van der Waals surface area contributed by atoms with E-state index in [9.17, 15) is 0 Å². The number of hydrogen-bond acceptors (Lipinski definition) is 4. The van der Waals surface area contributed by atoms with Crippen LogP contribution in [0.4, 0.5) is 5.82 Å². The average molecular weight is 289 g/mol. The lowest BCUT2D eigenvalue weighted by molar-refractivity contribution is 0.780. The van der Waals surface area contributed by atoms with Gasteiger partial charge in [-0.1, -0.05) is 12.2 Å². The van der Waals surface area contributed by atoms with E-state index >= 15 is 0 Å². The van der Waals surface area contributed by atoms with E-state index in [2.05, 4.69) is 26.7 Å². The average Bonchev–Trinajstić information content (AvgIpc) is 3.13. The zero-order valence-electron chi connectivity index (χ0n) is 10.5. The molecule has 3 nitrogen and oxygen atoms in total. The standard InChI is InChI=1S/C14H15N3S2/c15-14(18)11-1-4-13(16-7-11)17(12-2-3-12)8-10-5-6-19-9-10/h1,4-7,9,12H,2-3,8H2,(H2,15,18). The number of thiophene rings is 1. The van der Waals surface area contributed by atoms with Crippen molar-refractivity contribution in [3.63, 3.8) is 0 Å². The molecule has 5 heteroatoms. The van der Waals surface area contributed by atoms with E-state index in [0.29, 0.717) is 11.0 Å². The molecule has 0 radical (unpaired) electrons. The Morgan fingerprint density at radius 2 is 2.26 bits per heavy atom. The van der Waals surface area contributed by atoms with Gasteiger partial charge in [0, 0.05) is 24.3 Å². The van der Waals surface area contributed by atoms with Crippen LogP contribution in [0.2, 0.25) is 0 Å². The zero-order valence-corrected chi connectivity index (χ0v) is 12.1. The minimum absolute atomic E-state index is 0.398. The lowest BCUT2D eigenvalue weighted by Crippen LogP contribution is -2.25. The summed E-state index contributed by atoms with van der Waals surface area (Å²) in [7, 11) is 0. The molecule has 2 heterocycles. The fourth-order valence-corrected chi connectivity index (χ4v) is 2.84. The second kappa shape index (κ2) is 5.27. The quantitative estimate of drug-likeness (QED) is 0.859. The molecule has 0 amide bonds. The normalized spacial score (nSPS) is 14.3. The van der Waals surface area contributed by atoms with Crippen LogP contribution in [-0.4, -0.2) is 16.0 Å². The Balaban J connectivity index is 1.81. The van der Waals surface area contributed by atoms with Crippen LogP contribution in [0, 0.1) is 0 Å². The Morgan fingerprint density at radius 3 is 2.79 bits per heavy atom. The van der Waals surface area contributed by atoms with Crippen molar-refractivity contribution in [3.05, 3.63) is 46.3 Å². The summed E-state index contributed by atoms with van der Waals surface area (Å²) in [5.41, 5.74) is 7.77. The van der Waals surface area contributed by atoms with E-state index in [4.69, 9.17) is 18.0 Å². The first-order chi connectivity index (χ1) is 9.24. The lowest BCUT2D eigenvalue weighted by Gasteiger charge is -2.23. The van der Waals surface area contributed by atoms with Gasteiger partial charge in [-0.2, -0.15) is 11.3 Å². The van der Waals surface area contributed by atoms with Crippen molar-refractivity contribution < 1.29 is 0 Å². The number of hydrogen-bond donors (Lipinski definition) is 1. The second-order valence-corrected chi connectivity index (χ2v) is 5.98. The van der Waals surface area contributed by atoms with Gasteiger partial charge in [0.2, 0.25) is 0 Å². The van der Waals surface area contributed by atoms with Crippen molar-refractivity contribution in [2.75, 3.05) is 4.90 Å². The van der Waals surface area contributed by atoms with Crippen molar-refractivity contribution >= 4 is 34.4 Å². The monoisotopic (exact) mass is 289 g/mol. The van der Waals surface area contributed by atoms with Gasteiger partial charge in [-0.05, 0) is 47.4 Å². The van der Waals surface area contributed by atoms with Crippen molar-refractivity contribution in [1.82, 2.24) is 4.98 Å². The maximum atomic E-state index is 5.60. The van der Waals surface area contributed by atoms with E-state index in [0.717, 1.165) is 17.9 Å². The van der Waals surface area contributed by atoms with Crippen LogP contribution in [0.1, 0.15) is 24.0 Å². The molecule has 2 aromatic heterocycles. The number of rotatable bonds is 5. The zero-order chi connectivity index (χ0) is 13.2. The highest BCUT2D eigenvalue weighted by Gasteiger charge is 2.30. The highest BCUT2D eigenvalue weighted by atomic mass is 32.1. The minimum Gasteiger partial charge on any atom is -0.389 e. The summed E-state index contributed by atoms with van der Waals surface area (Å²) in [6.07, 6.45) is 4.27. The van der Waals surface area contributed by atoms with Gasteiger partial charge in [-0.3, -0.25) is 0 Å². The first-order valence-electron chi connectivity index (χ1n) is 6.27. The SMILES string of the molecule is NC(=S)c1ccc(N(Cc2ccsc2)C2CC2)nc1. The molecule has 1 aliphatic rings. The molecule has 2 N–H and O–H groups in total. The number of aromatic nitrogens is 1. The van der Waals surface area contributed by atoms with Gasteiger partial charge in [0.25, 0.3) is 0 Å². The van der Waals surface area contributed by atoms with Crippen molar-refractivity contribution in [3.8, 4) is 0 Å². The maximum Gasteiger partial charge on any atom is 0.129 e. The highest BCUT2D eigenvalue weighted by Crippen LogP contribution is 2.32. The Morgan fingerprint density at radius 1 is 1.42 bits per heavy atom.